The second-order valence-electron chi connectivity index (χ2n) is 3.82. The molecule has 78 valence electrons. The van der Waals surface area contributed by atoms with Crippen LogP contribution in [-0.2, 0) is 6.54 Å². The van der Waals surface area contributed by atoms with Gasteiger partial charge in [-0.2, -0.15) is 0 Å². The molecule has 14 heavy (non-hydrogen) atoms. The van der Waals surface area contributed by atoms with Crippen molar-refractivity contribution in [2.45, 2.75) is 26.4 Å². The van der Waals surface area contributed by atoms with Crippen LogP contribution in [0.4, 0.5) is 5.69 Å². The van der Waals surface area contributed by atoms with E-state index in [4.69, 9.17) is 17.3 Å². The normalized spacial score (nSPS) is 11.3. The van der Waals surface area contributed by atoms with Crippen molar-refractivity contribution < 1.29 is 0 Å². The van der Waals surface area contributed by atoms with Gasteiger partial charge in [-0.05, 0) is 33.0 Å². The lowest BCUT2D eigenvalue weighted by atomic mass is 10.1. The van der Waals surface area contributed by atoms with Crippen molar-refractivity contribution in [3.8, 4) is 0 Å². The van der Waals surface area contributed by atoms with Crippen molar-refractivity contribution in [1.82, 2.24) is 4.90 Å². The Bertz CT molecular complexity index is 290. The van der Waals surface area contributed by atoms with Gasteiger partial charge in [-0.15, -0.1) is 0 Å². The number of hydrogen-bond acceptors (Lipinski definition) is 2. The van der Waals surface area contributed by atoms with E-state index in [0.29, 0.717) is 6.04 Å². The molecule has 0 heterocycles. The van der Waals surface area contributed by atoms with Crippen LogP contribution >= 0.6 is 11.6 Å². The van der Waals surface area contributed by atoms with Crippen LogP contribution in [0.25, 0.3) is 0 Å². The second-order valence-corrected chi connectivity index (χ2v) is 4.22. The molecule has 1 aromatic carbocycles. The van der Waals surface area contributed by atoms with Gasteiger partial charge in [0.1, 0.15) is 0 Å². The van der Waals surface area contributed by atoms with Gasteiger partial charge in [0, 0.05) is 28.9 Å². The Kier molecular flexibility index (Phi) is 3.78. The lowest BCUT2D eigenvalue weighted by molar-refractivity contribution is 0.266. The first kappa shape index (κ1) is 11.3. The lowest BCUT2D eigenvalue weighted by Gasteiger charge is -2.22. The molecule has 1 rings (SSSR count). The first-order valence-corrected chi connectivity index (χ1v) is 5.13. The largest absolute Gasteiger partial charge is 0.398 e. The second kappa shape index (κ2) is 4.67. The molecule has 0 aliphatic rings. The van der Waals surface area contributed by atoms with Crippen LogP contribution in [0, 0.1) is 0 Å². The molecule has 3 heteroatoms. The maximum atomic E-state index is 6.07. The Morgan fingerprint density at radius 1 is 1.43 bits per heavy atom. The number of nitrogens with two attached hydrogens (primary N) is 1. The molecule has 1 aromatic rings. The van der Waals surface area contributed by atoms with Gasteiger partial charge in [0.05, 0.1) is 0 Å². The van der Waals surface area contributed by atoms with Crippen molar-refractivity contribution >= 4 is 17.3 Å². The van der Waals surface area contributed by atoms with E-state index in [2.05, 4.69) is 25.8 Å². The average Bonchev–Trinajstić information content (AvgIpc) is 2.11. The first-order valence-electron chi connectivity index (χ1n) is 4.75. The molecular weight excluding hydrogens is 196 g/mol. The summed E-state index contributed by atoms with van der Waals surface area (Å²) in [4.78, 5) is 2.21. The summed E-state index contributed by atoms with van der Waals surface area (Å²) in [5, 5.41) is 0.748. The summed E-state index contributed by atoms with van der Waals surface area (Å²) < 4.78 is 0. The van der Waals surface area contributed by atoms with E-state index in [0.717, 1.165) is 22.8 Å². The monoisotopic (exact) mass is 212 g/mol. The zero-order valence-electron chi connectivity index (χ0n) is 8.92. The number of hydrogen-bond donors (Lipinski definition) is 1. The number of nitrogen functional groups attached to an aromatic ring is 1. The van der Waals surface area contributed by atoms with Crippen LogP contribution < -0.4 is 5.73 Å². The Labute approximate surface area is 90.7 Å². The number of anilines is 1. The standard InChI is InChI=1S/C11H17ClN2/c1-8(2)14(3)7-9-10(12)5-4-6-11(9)13/h4-6,8H,7,13H2,1-3H3. The zero-order valence-corrected chi connectivity index (χ0v) is 9.67. The fourth-order valence-corrected chi connectivity index (χ4v) is 1.42. The molecule has 0 saturated carbocycles. The number of halogens is 1. The average molecular weight is 213 g/mol. The predicted molar refractivity (Wildman–Crippen MR) is 62.5 cm³/mol. The van der Waals surface area contributed by atoms with Gasteiger partial charge in [-0.25, -0.2) is 0 Å². The molecule has 0 aliphatic heterocycles. The zero-order chi connectivity index (χ0) is 10.7. The van der Waals surface area contributed by atoms with Gasteiger partial charge in [0.25, 0.3) is 0 Å². The topological polar surface area (TPSA) is 29.3 Å². The predicted octanol–water partition coefficient (Wildman–Crippen LogP) is 2.76. The maximum Gasteiger partial charge on any atom is 0.0471 e. The minimum atomic E-state index is 0.491. The molecule has 2 nitrogen and oxygen atoms in total. The lowest BCUT2D eigenvalue weighted by Crippen LogP contribution is -2.26. The van der Waals surface area contributed by atoms with E-state index >= 15 is 0 Å². The summed E-state index contributed by atoms with van der Waals surface area (Å²) in [6.45, 7) is 5.09. The highest BCUT2D eigenvalue weighted by Crippen LogP contribution is 2.23. The van der Waals surface area contributed by atoms with Crippen LogP contribution in [0.1, 0.15) is 19.4 Å². The molecule has 0 spiro atoms. The molecule has 0 atom stereocenters. The van der Waals surface area contributed by atoms with E-state index < -0.39 is 0 Å². The SMILES string of the molecule is CC(C)N(C)Cc1c(N)cccc1Cl. The first-order chi connectivity index (χ1) is 6.52. The minimum absolute atomic E-state index is 0.491. The van der Waals surface area contributed by atoms with Gasteiger partial charge in [0.15, 0.2) is 0 Å². The van der Waals surface area contributed by atoms with Crippen LogP contribution in [0.5, 0.6) is 0 Å². The highest BCUT2D eigenvalue weighted by atomic mass is 35.5. The van der Waals surface area contributed by atoms with E-state index in [-0.39, 0.29) is 0 Å². The highest BCUT2D eigenvalue weighted by Gasteiger charge is 2.09. The van der Waals surface area contributed by atoms with Crippen LogP contribution in [0.3, 0.4) is 0 Å². The Hall–Kier alpha value is -0.730. The van der Waals surface area contributed by atoms with E-state index in [1.807, 2.05) is 18.2 Å². The molecule has 0 unspecified atom stereocenters. The van der Waals surface area contributed by atoms with E-state index in [9.17, 15) is 0 Å². The van der Waals surface area contributed by atoms with Crippen molar-refractivity contribution in [3.05, 3.63) is 28.8 Å². The summed E-state index contributed by atoms with van der Waals surface area (Å²) in [6, 6.07) is 6.12. The van der Waals surface area contributed by atoms with Crippen molar-refractivity contribution in [3.63, 3.8) is 0 Å². The summed E-state index contributed by atoms with van der Waals surface area (Å²) in [6.07, 6.45) is 0. The van der Waals surface area contributed by atoms with Crippen molar-refractivity contribution in [1.29, 1.82) is 0 Å². The Morgan fingerprint density at radius 2 is 2.07 bits per heavy atom. The number of rotatable bonds is 3. The van der Waals surface area contributed by atoms with Crippen LogP contribution in [0.15, 0.2) is 18.2 Å². The van der Waals surface area contributed by atoms with E-state index in [1.54, 1.807) is 0 Å². The fraction of sp³-hybridized carbons (Fsp3) is 0.455. The maximum absolute atomic E-state index is 6.07. The molecule has 0 saturated heterocycles. The third-order valence-corrected chi connectivity index (χ3v) is 2.80. The molecule has 0 radical (unpaired) electrons. The molecule has 0 bridgehead atoms. The molecular formula is C11H17ClN2. The molecule has 0 aliphatic carbocycles. The Morgan fingerprint density at radius 3 is 2.57 bits per heavy atom. The molecule has 0 aromatic heterocycles. The molecule has 0 amide bonds. The summed E-state index contributed by atoms with van der Waals surface area (Å²) >= 11 is 6.07. The molecule has 0 fully saturated rings. The summed E-state index contributed by atoms with van der Waals surface area (Å²) in [5.74, 6) is 0. The molecule has 2 N–H and O–H groups in total. The van der Waals surface area contributed by atoms with Crippen molar-refractivity contribution in [2.24, 2.45) is 0 Å². The third-order valence-electron chi connectivity index (χ3n) is 2.44. The van der Waals surface area contributed by atoms with Crippen molar-refractivity contribution in [2.75, 3.05) is 12.8 Å². The summed E-state index contributed by atoms with van der Waals surface area (Å²) in [5.41, 5.74) is 7.65. The van der Waals surface area contributed by atoms with Gasteiger partial charge >= 0.3 is 0 Å². The van der Waals surface area contributed by atoms with Gasteiger partial charge in [-0.3, -0.25) is 4.90 Å². The number of nitrogens with zero attached hydrogens (tertiary/aromatic N) is 1. The fourth-order valence-electron chi connectivity index (χ4n) is 1.17. The van der Waals surface area contributed by atoms with Crippen LogP contribution in [-0.4, -0.2) is 18.0 Å². The third kappa shape index (κ3) is 2.63. The van der Waals surface area contributed by atoms with Gasteiger partial charge < -0.3 is 5.73 Å². The highest BCUT2D eigenvalue weighted by molar-refractivity contribution is 6.31. The number of benzene rings is 1. The van der Waals surface area contributed by atoms with Crippen LogP contribution in [0.2, 0.25) is 5.02 Å². The quantitative estimate of drug-likeness (QED) is 0.781. The van der Waals surface area contributed by atoms with Gasteiger partial charge in [-0.1, -0.05) is 17.7 Å². The smallest absolute Gasteiger partial charge is 0.0471 e. The Balaban J connectivity index is 2.85. The van der Waals surface area contributed by atoms with Gasteiger partial charge in [0.2, 0.25) is 0 Å². The van der Waals surface area contributed by atoms with E-state index in [1.165, 1.54) is 0 Å². The summed E-state index contributed by atoms with van der Waals surface area (Å²) in [7, 11) is 2.06. The minimum Gasteiger partial charge on any atom is -0.398 e.